The molecule has 2 aromatic carbocycles. The Morgan fingerprint density at radius 3 is 2.23 bits per heavy atom. The van der Waals surface area contributed by atoms with Gasteiger partial charge in [-0.3, -0.25) is 14.9 Å². The summed E-state index contributed by atoms with van der Waals surface area (Å²) in [6.07, 6.45) is 0. The lowest BCUT2D eigenvalue weighted by atomic mass is 10.1. The van der Waals surface area contributed by atoms with Crippen molar-refractivity contribution >= 4 is 17.4 Å². The molecule has 0 atom stereocenters. The van der Waals surface area contributed by atoms with E-state index >= 15 is 0 Å². The van der Waals surface area contributed by atoms with Gasteiger partial charge in [0, 0.05) is 23.8 Å². The summed E-state index contributed by atoms with van der Waals surface area (Å²) in [6.45, 7) is 5.69. The van der Waals surface area contributed by atoms with E-state index in [1.807, 2.05) is 39.0 Å². The van der Waals surface area contributed by atoms with Crippen molar-refractivity contribution < 1.29 is 9.72 Å². The van der Waals surface area contributed by atoms with Gasteiger partial charge in [0.2, 0.25) is 0 Å². The lowest BCUT2D eigenvalue weighted by molar-refractivity contribution is -0.384. The Kier molecular flexibility index (Phi) is 4.53. The second-order valence-corrected chi connectivity index (χ2v) is 6.19. The fraction of sp³-hybridized carbons (Fsp3) is 0.158. The van der Waals surface area contributed by atoms with Crippen LogP contribution in [0.25, 0.3) is 5.69 Å². The number of rotatable bonds is 4. The summed E-state index contributed by atoms with van der Waals surface area (Å²) in [5.74, 6) is 0.264. The molecule has 0 radical (unpaired) electrons. The first-order valence-electron chi connectivity index (χ1n) is 8.04. The van der Waals surface area contributed by atoms with E-state index in [9.17, 15) is 14.9 Å². The van der Waals surface area contributed by atoms with Crippen LogP contribution < -0.4 is 5.32 Å². The van der Waals surface area contributed by atoms with Gasteiger partial charge in [0.1, 0.15) is 5.82 Å². The Morgan fingerprint density at radius 1 is 1.04 bits per heavy atom. The summed E-state index contributed by atoms with van der Waals surface area (Å²) in [6, 6.07) is 13.4. The quantitative estimate of drug-likeness (QED) is 0.570. The Balaban J connectivity index is 1.91. The van der Waals surface area contributed by atoms with Crippen molar-refractivity contribution in [3.63, 3.8) is 0 Å². The highest BCUT2D eigenvalue weighted by Crippen LogP contribution is 2.21. The molecule has 0 unspecified atom stereocenters. The van der Waals surface area contributed by atoms with Gasteiger partial charge in [-0.1, -0.05) is 17.2 Å². The van der Waals surface area contributed by atoms with Gasteiger partial charge in [-0.05, 0) is 45.0 Å². The van der Waals surface area contributed by atoms with Crippen molar-refractivity contribution in [3.8, 4) is 5.69 Å². The first-order chi connectivity index (χ1) is 12.3. The molecular weight excluding hydrogens is 332 g/mol. The van der Waals surface area contributed by atoms with Crippen LogP contribution in [0.15, 0.2) is 48.5 Å². The summed E-state index contributed by atoms with van der Waals surface area (Å²) in [4.78, 5) is 23.0. The van der Waals surface area contributed by atoms with Gasteiger partial charge in [-0.15, -0.1) is 0 Å². The highest BCUT2D eigenvalue weighted by atomic mass is 16.6. The number of nitro groups is 1. The van der Waals surface area contributed by atoms with Crippen LogP contribution in [0.5, 0.6) is 0 Å². The summed E-state index contributed by atoms with van der Waals surface area (Å²) in [7, 11) is 0. The van der Waals surface area contributed by atoms with E-state index in [0.717, 1.165) is 16.8 Å². The Hall–Kier alpha value is -3.48. The van der Waals surface area contributed by atoms with E-state index in [1.54, 1.807) is 22.9 Å². The highest BCUT2D eigenvalue weighted by molar-refractivity contribution is 6.04. The molecule has 3 rings (SSSR count). The van der Waals surface area contributed by atoms with Crippen molar-refractivity contribution in [2.45, 2.75) is 20.8 Å². The molecule has 0 fully saturated rings. The maximum absolute atomic E-state index is 12.6. The van der Waals surface area contributed by atoms with Crippen molar-refractivity contribution in [1.82, 2.24) is 9.78 Å². The van der Waals surface area contributed by atoms with Gasteiger partial charge in [0.05, 0.1) is 16.3 Å². The molecule has 0 aliphatic rings. The Bertz CT molecular complexity index is 970. The number of hydrogen-bond donors (Lipinski definition) is 1. The van der Waals surface area contributed by atoms with Crippen molar-refractivity contribution in [2.75, 3.05) is 5.32 Å². The number of aromatic nitrogens is 2. The third kappa shape index (κ3) is 3.61. The molecule has 0 aliphatic carbocycles. The number of hydrogen-bond acceptors (Lipinski definition) is 4. The number of aryl methyl sites for hydroxylation is 3. The van der Waals surface area contributed by atoms with E-state index in [1.165, 1.54) is 12.1 Å². The van der Waals surface area contributed by atoms with Gasteiger partial charge in [-0.2, -0.15) is 5.10 Å². The summed E-state index contributed by atoms with van der Waals surface area (Å²) in [5.41, 5.74) is 3.93. The van der Waals surface area contributed by atoms with Gasteiger partial charge in [-0.25, -0.2) is 4.68 Å². The molecule has 3 aromatic rings. The standard InChI is InChI=1S/C19H18N4O3/c1-12-8-13(2)10-15(9-12)19(24)20-18-11-14(3)21-22(18)16-4-6-17(7-5-16)23(25)26/h4-11H,1-3H3,(H,20,24). The molecule has 0 spiro atoms. The number of anilines is 1. The molecular formula is C19H18N4O3. The molecule has 7 heteroatoms. The first kappa shape index (κ1) is 17.3. The van der Waals surface area contributed by atoms with Crippen LogP contribution in [-0.2, 0) is 0 Å². The zero-order chi connectivity index (χ0) is 18.8. The predicted octanol–water partition coefficient (Wildman–Crippen LogP) is 3.96. The summed E-state index contributed by atoms with van der Waals surface area (Å²) >= 11 is 0. The van der Waals surface area contributed by atoms with Gasteiger partial charge >= 0.3 is 0 Å². The second kappa shape index (κ2) is 6.79. The normalized spacial score (nSPS) is 10.6. The number of benzene rings is 2. The third-order valence-electron chi connectivity index (χ3n) is 3.86. The highest BCUT2D eigenvalue weighted by Gasteiger charge is 2.14. The van der Waals surface area contributed by atoms with Gasteiger partial charge in [0.25, 0.3) is 11.6 Å². The zero-order valence-electron chi connectivity index (χ0n) is 14.7. The maximum atomic E-state index is 12.6. The molecule has 0 saturated heterocycles. The third-order valence-corrected chi connectivity index (χ3v) is 3.86. The van der Waals surface area contributed by atoms with Crippen LogP contribution in [-0.4, -0.2) is 20.6 Å². The number of amides is 1. The van der Waals surface area contributed by atoms with Crippen LogP contribution in [0.1, 0.15) is 27.2 Å². The topological polar surface area (TPSA) is 90.1 Å². The minimum atomic E-state index is -0.457. The van der Waals surface area contributed by atoms with E-state index in [4.69, 9.17) is 0 Å². The molecule has 132 valence electrons. The fourth-order valence-corrected chi connectivity index (χ4v) is 2.80. The van der Waals surface area contributed by atoms with Crippen LogP contribution in [0.4, 0.5) is 11.5 Å². The summed E-state index contributed by atoms with van der Waals surface area (Å²) < 4.78 is 1.56. The average molecular weight is 350 g/mol. The van der Waals surface area contributed by atoms with Gasteiger partial charge in [0.15, 0.2) is 0 Å². The molecule has 1 N–H and O–H groups in total. The number of carbonyl (C=O) groups is 1. The Labute approximate surface area is 150 Å². The van der Waals surface area contributed by atoms with Crippen LogP contribution >= 0.6 is 0 Å². The predicted molar refractivity (Wildman–Crippen MR) is 98.8 cm³/mol. The number of nitrogens with one attached hydrogen (secondary N) is 1. The zero-order valence-corrected chi connectivity index (χ0v) is 14.7. The average Bonchev–Trinajstić information content (AvgIpc) is 2.94. The molecule has 1 aromatic heterocycles. The van der Waals surface area contributed by atoms with Crippen molar-refractivity contribution in [1.29, 1.82) is 0 Å². The molecule has 0 saturated carbocycles. The maximum Gasteiger partial charge on any atom is 0.269 e. The van der Waals surface area contributed by atoms with E-state index < -0.39 is 4.92 Å². The first-order valence-corrected chi connectivity index (χ1v) is 8.04. The SMILES string of the molecule is Cc1cc(C)cc(C(=O)Nc2cc(C)nn2-c2ccc([N+](=O)[O-])cc2)c1. The van der Waals surface area contributed by atoms with Crippen LogP contribution in [0, 0.1) is 30.9 Å². The molecule has 1 amide bonds. The monoisotopic (exact) mass is 350 g/mol. The number of nitro benzene ring substituents is 1. The molecule has 0 aliphatic heterocycles. The fourth-order valence-electron chi connectivity index (χ4n) is 2.80. The minimum Gasteiger partial charge on any atom is -0.306 e. The van der Waals surface area contributed by atoms with E-state index in [-0.39, 0.29) is 11.6 Å². The van der Waals surface area contributed by atoms with Crippen molar-refractivity contribution in [3.05, 3.63) is 81.0 Å². The summed E-state index contributed by atoms with van der Waals surface area (Å²) in [5, 5.41) is 18.0. The van der Waals surface area contributed by atoms with E-state index in [2.05, 4.69) is 10.4 Å². The number of non-ortho nitro benzene ring substituents is 1. The number of carbonyl (C=O) groups excluding carboxylic acids is 1. The van der Waals surface area contributed by atoms with Crippen LogP contribution in [0.2, 0.25) is 0 Å². The minimum absolute atomic E-state index is 0.00144. The molecule has 26 heavy (non-hydrogen) atoms. The Morgan fingerprint density at radius 2 is 1.65 bits per heavy atom. The molecule has 7 nitrogen and oxygen atoms in total. The molecule has 1 heterocycles. The smallest absolute Gasteiger partial charge is 0.269 e. The number of nitrogens with zero attached hydrogens (tertiary/aromatic N) is 3. The van der Waals surface area contributed by atoms with E-state index in [0.29, 0.717) is 17.1 Å². The van der Waals surface area contributed by atoms with Crippen molar-refractivity contribution in [2.24, 2.45) is 0 Å². The second-order valence-electron chi connectivity index (χ2n) is 6.19. The molecule has 0 bridgehead atoms. The van der Waals surface area contributed by atoms with Gasteiger partial charge < -0.3 is 5.32 Å². The lowest BCUT2D eigenvalue weighted by Crippen LogP contribution is -2.15. The largest absolute Gasteiger partial charge is 0.306 e. The van der Waals surface area contributed by atoms with Crippen LogP contribution in [0.3, 0.4) is 0 Å². The lowest BCUT2D eigenvalue weighted by Gasteiger charge is -2.10.